The quantitative estimate of drug-likeness (QED) is 0.420. The summed E-state index contributed by atoms with van der Waals surface area (Å²) in [5.74, 6) is -0.782. The summed E-state index contributed by atoms with van der Waals surface area (Å²) >= 11 is 0. The fraction of sp³-hybridized carbons (Fsp3) is 0.381. The highest BCUT2D eigenvalue weighted by Crippen LogP contribution is 2.38. The van der Waals surface area contributed by atoms with Gasteiger partial charge in [0.1, 0.15) is 30.5 Å². The Morgan fingerprint density at radius 2 is 1.84 bits per heavy atom. The zero-order chi connectivity index (χ0) is 22.9. The standard InChI is InChI=1S/C21H23FN2O7S/c1-13-8-15(22)3-2-14(13)11-29-16-4-6-17(7-5-16)32(27,28)24-21(20(25)23-26)9-18-19(10-21)31-12-30-18/h2-8,18-19,24,26H,9-12H2,1H3,(H,23,25). The third kappa shape index (κ3) is 4.48. The number of ether oxygens (including phenoxy) is 3. The maximum absolute atomic E-state index is 13.2. The topological polar surface area (TPSA) is 123 Å². The van der Waals surface area contributed by atoms with Gasteiger partial charge in [-0.2, -0.15) is 4.72 Å². The Labute approximate surface area is 184 Å². The van der Waals surface area contributed by atoms with Crippen LogP contribution < -0.4 is 14.9 Å². The molecule has 3 N–H and O–H groups in total. The third-order valence-electron chi connectivity index (χ3n) is 5.78. The van der Waals surface area contributed by atoms with E-state index in [0.717, 1.165) is 11.1 Å². The van der Waals surface area contributed by atoms with E-state index in [1.807, 2.05) is 0 Å². The summed E-state index contributed by atoms with van der Waals surface area (Å²) in [4.78, 5) is 12.3. The number of hydrogen-bond donors (Lipinski definition) is 3. The number of nitrogens with one attached hydrogen (secondary N) is 2. The van der Waals surface area contributed by atoms with Crippen LogP contribution in [0.25, 0.3) is 0 Å². The van der Waals surface area contributed by atoms with E-state index in [2.05, 4.69) is 4.72 Å². The van der Waals surface area contributed by atoms with Gasteiger partial charge in [-0.25, -0.2) is 18.3 Å². The lowest BCUT2D eigenvalue weighted by molar-refractivity contribution is -0.136. The molecule has 1 saturated heterocycles. The first-order chi connectivity index (χ1) is 15.2. The van der Waals surface area contributed by atoms with Crippen molar-refractivity contribution >= 4 is 15.9 Å². The second-order valence-electron chi connectivity index (χ2n) is 7.90. The monoisotopic (exact) mass is 466 g/mol. The maximum atomic E-state index is 13.2. The molecule has 2 atom stereocenters. The summed E-state index contributed by atoms with van der Waals surface area (Å²) in [7, 11) is -4.11. The molecule has 0 aromatic heterocycles. The Bertz CT molecular complexity index is 1100. The van der Waals surface area contributed by atoms with Gasteiger partial charge in [-0.05, 0) is 54.4 Å². The first-order valence-corrected chi connectivity index (χ1v) is 11.4. The number of rotatable bonds is 7. The van der Waals surface area contributed by atoms with E-state index in [0.29, 0.717) is 5.75 Å². The van der Waals surface area contributed by atoms with Crippen LogP contribution >= 0.6 is 0 Å². The number of hydroxylamine groups is 1. The zero-order valence-electron chi connectivity index (χ0n) is 17.2. The van der Waals surface area contributed by atoms with Crippen molar-refractivity contribution in [3.63, 3.8) is 0 Å². The predicted octanol–water partition coefficient (Wildman–Crippen LogP) is 1.77. The predicted molar refractivity (Wildman–Crippen MR) is 109 cm³/mol. The van der Waals surface area contributed by atoms with Gasteiger partial charge in [0, 0.05) is 12.8 Å². The largest absolute Gasteiger partial charge is 0.489 e. The molecule has 1 aliphatic carbocycles. The molecule has 1 saturated carbocycles. The second kappa shape index (κ2) is 8.75. The number of aryl methyl sites for hydroxylation is 1. The average Bonchev–Trinajstić information content (AvgIpc) is 3.32. The molecule has 9 nitrogen and oxygen atoms in total. The number of hydrogen-bond acceptors (Lipinski definition) is 7. The van der Waals surface area contributed by atoms with Gasteiger partial charge in [0.05, 0.1) is 17.1 Å². The van der Waals surface area contributed by atoms with Crippen LogP contribution in [0.4, 0.5) is 4.39 Å². The molecule has 1 heterocycles. The minimum Gasteiger partial charge on any atom is -0.489 e. The molecule has 1 amide bonds. The molecule has 2 unspecified atom stereocenters. The first kappa shape index (κ1) is 22.6. The minimum absolute atomic E-state index is 0.0293. The van der Waals surface area contributed by atoms with Gasteiger partial charge < -0.3 is 14.2 Å². The number of carbonyl (C=O) groups excluding carboxylic acids is 1. The molecule has 11 heteroatoms. The third-order valence-corrected chi connectivity index (χ3v) is 7.33. The fourth-order valence-electron chi connectivity index (χ4n) is 4.02. The van der Waals surface area contributed by atoms with Gasteiger partial charge in [-0.1, -0.05) is 6.07 Å². The fourth-order valence-corrected chi connectivity index (χ4v) is 5.40. The van der Waals surface area contributed by atoms with E-state index >= 15 is 0 Å². The van der Waals surface area contributed by atoms with E-state index in [9.17, 15) is 17.6 Å². The van der Waals surface area contributed by atoms with Gasteiger partial charge in [0.15, 0.2) is 0 Å². The molecule has 2 fully saturated rings. The highest BCUT2D eigenvalue weighted by Gasteiger charge is 2.55. The zero-order valence-corrected chi connectivity index (χ0v) is 18.0. The van der Waals surface area contributed by atoms with Gasteiger partial charge in [0.25, 0.3) is 5.91 Å². The van der Waals surface area contributed by atoms with Gasteiger partial charge in [0.2, 0.25) is 10.0 Å². The van der Waals surface area contributed by atoms with Crippen molar-refractivity contribution in [2.45, 2.75) is 49.0 Å². The number of sulfonamides is 1. The van der Waals surface area contributed by atoms with Crippen molar-refractivity contribution in [3.05, 3.63) is 59.4 Å². The van der Waals surface area contributed by atoms with E-state index in [-0.39, 0.29) is 37.0 Å². The molecule has 2 aromatic rings. The Kier molecular flexibility index (Phi) is 6.19. The second-order valence-corrected chi connectivity index (χ2v) is 9.58. The highest BCUT2D eigenvalue weighted by atomic mass is 32.2. The van der Waals surface area contributed by atoms with Crippen LogP contribution in [-0.4, -0.2) is 44.1 Å². The van der Waals surface area contributed by atoms with Crippen LogP contribution in [0.15, 0.2) is 47.4 Å². The summed E-state index contributed by atoms with van der Waals surface area (Å²) in [6.07, 6.45) is -0.829. The van der Waals surface area contributed by atoms with E-state index < -0.39 is 33.7 Å². The van der Waals surface area contributed by atoms with Crippen LogP contribution in [0, 0.1) is 12.7 Å². The van der Waals surface area contributed by atoms with Gasteiger partial charge >= 0.3 is 0 Å². The van der Waals surface area contributed by atoms with Crippen LogP contribution in [-0.2, 0) is 30.9 Å². The molecular weight excluding hydrogens is 443 g/mol. The van der Waals surface area contributed by atoms with Crippen LogP contribution in [0.1, 0.15) is 24.0 Å². The lowest BCUT2D eigenvalue weighted by Gasteiger charge is -2.28. The SMILES string of the molecule is Cc1cc(F)ccc1COc1ccc(S(=O)(=O)NC2(C(=O)NO)CC3OCOC3C2)cc1. The summed E-state index contributed by atoms with van der Waals surface area (Å²) in [6, 6.07) is 10.1. The Morgan fingerprint density at radius 3 is 2.44 bits per heavy atom. The smallest absolute Gasteiger partial charge is 0.264 e. The molecule has 172 valence electrons. The molecule has 0 radical (unpaired) electrons. The normalized spacial score (nSPS) is 24.8. The summed E-state index contributed by atoms with van der Waals surface area (Å²) in [6.45, 7) is 2.05. The minimum atomic E-state index is -4.11. The molecule has 1 aliphatic heterocycles. The number of fused-ring (bicyclic) bond motifs is 1. The summed E-state index contributed by atoms with van der Waals surface area (Å²) in [5, 5.41) is 9.16. The van der Waals surface area contributed by atoms with Crippen molar-refractivity contribution in [1.29, 1.82) is 0 Å². The Balaban J connectivity index is 1.47. The van der Waals surface area contributed by atoms with E-state index in [1.165, 1.54) is 36.4 Å². The molecule has 0 spiro atoms. The summed E-state index contributed by atoms with van der Waals surface area (Å²) in [5.41, 5.74) is 1.49. The number of amides is 1. The van der Waals surface area contributed by atoms with Gasteiger partial charge in [-0.3, -0.25) is 10.0 Å². The molecule has 32 heavy (non-hydrogen) atoms. The number of carbonyl (C=O) groups is 1. The van der Waals surface area contributed by atoms with Crippen molar-refractivity contribution in [1.82, 2.24) is 10.2 Å². The van der Waals surface area contributed by atoms with E-state index in [4.69, 9.17) is 19.4 Å². The van der Waals surface area contributed by atoms with Crippen molar-refractivity contribution < 1.29 is 37.0 Å². The van der Waals surface area contributed by atoms with Crippen LogP contribution in [0.3, 0.4) is 0 Å². The molecule has 2 aliphatic rings. The molecule has 4 rings (SSSR count). The maximum Gasteiger partial charge on any atom is 0.264 e. The van der Waals surface area contributed by atoms with Crippen LogP contribution in [0.2, 0.25) is 0 Å². The van der Waals surface area contributed by atoms with Crippen molar-refractivity contribution in [3.8, 4) is 5.75 Å². The highest BCUT2D eigenvalue weighted by molar-refractivity contribution is 7.89. The Morgan fingerprint density at radius 1 is 1.19 bits per heavy atom. The summed E-state index contributed by atoms with van der Waals surface area (Å²) < 4.78 is 58.0. The average molecular weight is 466 g/mol. The van der Waals surface area contributed by atoms with Crippen molar-refractivity contribution in [2.75, 3.05) is 6.79 Å². The van der Waals surface area contributed by atoms with Crippen molar-refractivity contribution in [2.24, 2.45) is 0 Å². The number of benzene rings is 2. The van der Waals surface area contributed by atoms with Gasteiger partial charge in [-0.15, -0.1) is 0 Å². The van der Waals surface area contributed by atoms with E-state index in [1.54, 1.807) is 18.5 Å². The number of halogens is 1. The molecular formula is C21H23FN2O7S. The first-order valence-electron chi connectivity index (χ1n) is 9.92. The van der Waals surface area contributed by atoms with Crippen LogP contribution in [0.5, 0.6) is 5.75 Å². The molecule has 0 bridgehead atoms. The molecule has 2 aromatic carbocycles. The lowest BCUT2D eigenvalue weighted by Crippen LogP contribution is -2.57. The lowest BCUT2D eigenvalue weighted by atomic mass is 9.98. The Hall–Kier alpha value is -2.57.